The Morgan fingerprint density at radius 1 is 1.15 bits per heavy atom. The Labute approximate surface area is 159 Å². The van der Waals surface area contributed by atoms with Crippen LogP contribution in [0.25, 0.3) is 6.08 Å². The number of carbonyl (C=O) groups is 1. The fourth-order valence-corrected chi connectivity index (χ4v) is 3.49. The Morgan fingerprint density at radius 3 is 2.52 bits per heavy atom. The van der Waals surface area contributed by atoms with Crippen molar-refractivity contribution in [2.75, 3.05) is 0 Å². The van der Waals surface area contributed by atoms with Gasteiger partial charge in [-0.25, -0.2) is 0 Å². The molecule has 1 aliphatic carbocycles. The van der Waals surface area contributed by atoms with Crippen molar-refractivity contribution in [3.8, 4) is 0 Å². The van der Waals surface area contributed by atoms with Gasteiger partial charge < -0.3 is 5.32 Å². The first kappa shape index (κ1) is 18.8. The Hall–Kier alpha value is -2.95. The van der Waals surface area contributed by atoms with Crippen LogP contribution in [-0.2, 0) is 17.6 Å². The van der Waals surface area contributed by atoms with E-state index in [2.05, 4.69) is 30.4 Å². The van der Waals surface area contributed by atoms with E-state index in [9.17, 15) is 14.9 Å². The lowest BCUT2D eigenvalue weighted by Crippen LogP contribution is -2.26. The minimum Gasteiger partial charge on any atom is -0.346 e. The van der Waals surface area contributed by atoms with Crippen molar-refractivity contribution >= 4 is 17.7 Å². The first-order valence-electron chi connectivity index (χ1n) is 9.41. The van der Waals surface area contributed by atoms with Crippen LogP contribution in [0.5, 0.6) is 0 Å². The van der Waals surface area contributed by atoms with Gasteiger partial charge in [0, 0.05) is 18.2 Å². The van der Waals surface area contributed by atoms with Crippen LogP contribution in [-0.4, -0.2) is 10.8 Å². The summed E-state index contributed by atoms with van der Waals surface area (Å²) in [5.41, 5.74) is 4.78. The number of nitrogens with zero attached hydrogens (tertiary/aromatic N) is 1. The third-order valence-corrected chi connectivity index (χ3v) is 5.03. The summed E-state index contributed by atoms with van der Waals surface area (Å²) in [5.74, 6) is -0.169. The van der Waals surface area contributed by atoms with Gasteiger partial charge in [0.2, 0.25) is 5.91 Å². The zero-order valence-electron chi connectivity index (χ0n) is 15.5. The maximum atomic E-state index is 12.3. The zero-order valence-corrected chi connectivity index (χ0v) is 15.5. The van der Waals surface area contributed by atoms with Crippen molar-refractivity contribution in [1.29, 1.82) is 0 Å². The first-order chi connectivity index (χ1) is 13.1. The van der Waals surface area contributed by atoms with E-state index in [1.807, 2.05) is 0 Å². The van der Waals surface area contributed by atoms with E-state index in [-0.39, 0.29) is 17.6 Å². The molecule has 0 bridgehead atoms. The molecule has 0 radical (unpaired) electrons. The molecule has 140 valence electrons. The van der Waals surface area contributed by atoms with Gasteiger partial charge in [0.25, 0.3) is 5.69 Å². The Balaban J connectivity index is 1.65. The summed E-state index contributed by atoms with van der Waals surface area (Å²) in [6, 6.07) is 12.7. The topological polar surface area (TPSA) is 72.2 Å². The summed E-state index contributed by atoms with van der Waals surface area (Å²) >= 11 is 0. The second-order valence-electron chi connectivity index (χ2n) is 6.89. The average molecular weight is 364 g/mol. The highest BCUT2D eigenvalue weighted by Crippen LogP contribution is 2.26. The number of aryl methyl sites for hydroxylation is 2. The normalized spacial score (nSPS) is 14.6. The molecule has 0 fully saturated rings. The lowest BCUT2D eigenvalue weighted by Gasteiger charge is -2.21. The molecule has 0 aromatic heterocycles. The van der Waals surface area contributed by atoms with E-state index < -0.39 is 4.92 Å². The van der Waals surface area contributed by atoms with Crippen molar-refractivity contribution in [2.45, 2.75) is 45.1 Å². The predicted molar refractivity (Wildman–Crippen MR) is 106 cm³/mol. The number of carbonyl (C=O) groups excluding carboxylic acids is 1. The quantitative estimate of drug-likeness (QED) is 0.456. The van der Waals surface area contributed by atoms with E-state index in [0.717, 1.165) is 30.4 Å². The SMILES string of the molecule is CC[C@@H](NC(=O)/C=C/c1ccc([N+](=O)[O-])cc1)c1ccc2c(c1)CCCC2. The van der Waals surface area contributed by atoms with Gasteiger partial charge in [-0.3, -0.25) is 14.9 Å². The van der Waals surface area contributed by atoms with E-state index in [1.165, 1.54) is 42.2 Å². The molecule has 3 rings (SSSR count). The average Bonchev–Trinajstić information content (AvgIpc) is 2.70. The molecule has 0 spiro atoms. The van der Waals surface area contributed by atoms with Gasteiger partial charge in [-0.1, -0.05) is 25.1 Å². The second-order valence-corrected chi connectivity index (χ2v) is 6.89. The van der Waals surface area contributed by atoms with Gasteiger partial charge in [0.15, 0.2) is 0 Å². The van der Waals surface area contributed by atoms with Crippen molar-refractivity contribution in [3.05, 3.63) is 80.9 Å². The molecular formula is C22H24N2O3. The van der Waals surface area contributed by atoms with Crippen molar-refractivity contribution in [2.24, 2.45) is 0 Å². The van der Waals surface area contributed by atoms with Gasteiger partial charge in [-0.15, -0.1) is 0 Å². The molecule has 0 aliphatic heterocycles. The highest BCUT2D eigenvalue weighted by molar-refractivity contribution is 5.92. The van der Waals surface area contributed by atoms with Crippen molar-refractivity contribution in [3.63, 3.8) is 0 Å². The monoisotopic (exact) mass is 364 g/mol. The number of fused-ring (bicyclic) bond motifs is 1. The molecule has 2 aromatic rings. The molecule has 27 heavy (non-hydrogen) atoms. The Bertz CT molecular complexity index is 856. The molecule has 0 saturated carbocycles. The predicted octanol–water partition coefficient (Wildman–Crippen LogP) is 4.75. The fraction of sp³-hybridized carbons (Fsp3) is 0.318. The minimum atomic E-state index is -0.440. The smallest absolute Gasteiger partial charge is 0.269 e. The Morgan fingerprint density at radius 2 is 1.85 bits per heavy atom. The van der Waals surface area contributed by atoms with E-state index in [0.29, 0.717) is 0 Å². The molecule has 1 amide bonds. The number of nitro groups is 1. The number of nitro benzene ring substituents is 1. The van der Waals surface area contributed by atoms with E-state index in [4.69, 9.17) is 0 Å². The first-order valence-corrected chi connectivity index (χ1v) is 9.41. The van der Waals surface area contributed by atoms with Crippen LogP contribution in [0.3, 0.4) is 0 Å². The van der Waals surface area contributed by atoms with Crippen LogP contribution in [0.1, 0.15) is 54.5 Å². The minimum absolute atomic E-state index is 0.0220. The van der Waals surface area contributed by atoms with Crippen molar-refractivity contribution in [1.82, 2.24) is 5.32 Å². The molecule has 0 unspecified atom stereocenters. The van der Waals surface area contributed by atoms with Gasteiger partial charge in [0.1, 0.15) is 0 Å². The van der Waals surface area contributed by atoms with Crippen molar-refractivity contribution < 1.29 is 9.72 Å². The molecule has 5 heteroatoms. The lowest BCUT2D eigenvalue weighted by atomic mass is 9.89. The maximum absolute atomic E-state index is 12.3. The lowest BCUT2D eigenvalue weighted by molar-refractivity contribution is -0.384. The van der Waals surface area contributed by atoms with E-state index in [1.54, 1.807) is 18.2 Å². The van der Waals surface area contributed by atoms with Crippen LogP contribution in [0, 0.1) is 10.1 Å². The summed E-state index contributed by atoms with van der Waals surface area (Å²) in [6.45, 7) is 2.06. The number of benzene rings is 2. The molecule has 0 heterocycles. The summed E-state index contributed by atoms with van der Waals surface area (Å²) in [5, 5.41) is 13.7. The molecule has 1 aliphatic rings. The number of hydrogen-bond acceptors (Lipinski definition) is 3. The van der Waals surface area contributed by atoms with Gasteiger partial charge in [-0.05, 0) is 72.6 Å². The highest BCUT2D eigenvalue weighted by atomic mass is 16.6. The largest absolute Gasteiger partial charge is 0.346 e. The number of nitrogens with one attached hydrogen (secondary N) is 1. The third kappa shape index (κ3) is 4.82. The number of non-ortho nitro benzene ring substituents is 1. The molecule has 0 saturated heterocycles. The molecule has 5 nitrogen and oxygen atoms in total. The number of amides is 1. The van der Waals surface area contributed by atoms with Crippen LogP contribution in [0.15, 0.2) is 48.5 Å². The summed E-state index contributed by atoms with van der Waals surface area (Å²) in [4.78, 5) is 22.6. The van der Waals surface area contributed by atoms with Gasteiger partial charge >= 0.3 is 0 Å². The molecule has 2 aromatic carbocycles. The van der Waals surface area contributed by atoms with Crippen LogP contribution in [0.4, 0.5) is 5.69 Å². The zero-order chi connectivity index (χ0) is 19.2. The van der Waals surface area contributed by atoms with E-state index >= 15 is 0 Å². The van der Waals surface area contributed by atoms with Crippen LogP contribution in [0.2, 0.25) is 0 Å². The van der Waals surface area contributed by atoms with Gasteiger partial charge in [-0.2, -0.15) is 0 Å². The fourth-order valence-electron chi connectivity index (χ4n) is 3.49. The summed E-state index contributed by atoms with van der Waals surface area (Å²) in [6.07, 6.45) is 8.71. The van der Waals surface area contributed by atoms with Crippen LogP contribution >= 0.6 is 0 Å². The second kappa shape index (κ2) is 8.62. The Kier molecular flexibility index (Phi) is 6.01. The number of rotatable bonds is 6. The number of hydrogen-bond donors (Lipinski definition) is 1. The highest BCUT2D eigenvalue weighted by Gasteiger charge is 2.15. The summed E-state index contributed by atoms with van der Waals surface area (Å²) in [7, 11) is 0. The third-order valence-electron chi connectivity index (χ3n) is 5.03. The van der Waals surface area contributed by atoms with Crippen LogP contribution < -0.4 is 5.32 Å². The van der Waals surface area contributed by atoms with Gasteiger partial charge in [0.05, 0.1) is 11.0 Å². The maximum Gasteiger partial charge on any atom is 0.269 e. The standard InChI is InChI=1S/C22H24N2O3/c1-2-21(19-11-10-17-5-3-4-6-18(17)15-19)23-22(25)14-9-16-7-12-20(13-8-16)24(26)27/h7-15,21H,2-6H2,1H3,(H,23,25)/b14-9+/t21-/m1/s1. The molecule has 1 N–H and O–H groups in total. The molecular weight excluding hydrogens is 340 g/mol. The summed E-state index contributed by atoms with van der Waals surface area (Å²) < 4.78 is 0. The molecule has 1 atom stereocenters.